The van der Waals surface area contributed by atoms with Gasteiger partial charge in [-0.3, -0.25) is 0 Å². The molecule has 0 fully saturated rings. The van der Waals surface area contributed by atoms with Crippen molar-refractivity contribution in [3.05, 3.63) is 23.2 Å². The molecule has 0 amide bonds. The van der Waals surface area contributed by atoms with Gasteiger partial charge in [0.15, 0.2) is 0 Å². The quantitative estimate of drug-likeness (QED) is 0.801. The molecule has 0 aliphatic heterocycles. The summed E-state index contributed by atoms with van der Waals surface area (Å²) in [5.41, 5.74) is 0.994. The largest absolute Gasteiger partial charge is 0.495 e. The molecular weight excluding hydrogens is 218 g/mol. The first-order chi connectivity index (χ1) is 6.69. The highest BCUT2D eigenvalue weighted by molar-refractivity contribution is 7.80. The Kier molecular flexibility index (Phi) is 4.42. The lowest BCUT2D eigenvalue weighted by molar-refractivity contribution is 0.415. The highest BCUT2D eigenvalue weighted by Crippen LogP contribution is 2.30. The molecule has 0 saturated carbocycles. The standard InChI is InChI=1S/C10H14ClNOS/c1-12(5-6-14)9-7-8(11)3-4-10(9)13-2/h3-4,7,14H,5-6H2,1-2H3. The van der Waals surface area contributed by atoms with Crippen LogP contribution in [0.3, 0.4) is 0 Å². The molecule has 78 valence electrons. The SMILES string of the molecule is COc1ccc(Cl)cc1N(C)CCS. The van der Waals surface area contributed by atoms with Gasteiger partial charge in [0.2, 0.25) is 0 Å². The molecule has 4 heteroatoms. The molecule has 0 aliphatic rings. The zero-order valence-corrected chi connectivity index (χ0v) is 9.98. The number of hydrogen-bond donors (Lipinski definition) is 1. The fraction of sp³-hybridized carbons (Fsp3) is 0.400. The van der Waals surface area contributed by atoms with E-state index in [1.807, 2.05) is 25.2 Å². The maximum absolute atomic E-state index is 5.92. The van der Waals surface area contributed by atoms with Crippen LogP contribution in [0.4, 0.5) is 5.69 Å². The summed E-state index contributed by atoms with van der Waals surface area (Å²) < 4.78 is 5.24. The smallest absolute Gasteiger partial charge is 0.142 e. The first-order valence-electron chi connectivity index (χ1n) is 4.34. The third kappa shape index (κ3) is 2.72. The van der Waals surface area contributed by atoms with E-state index >= 15 is 0 Å². The number of nitrogens with zero attached hydrogens (tertiary/aromatic N) is 1. The summed E-state index contributed by atoms with van der Waals surface area (Å²) in [4.78, 5) is 2.07. The summed E-state index contributed by atoms with van der Waals surface area (Å²) >= 11 is 10.1. The molecule has 0 spiro atoms. The molecule has 0 aromatic heterocycles. The Morgan fingerprint density at radius 1 is 1.50 bits per heavy atom. The molecule has 0 N–H and O–H groups in total. The van der Waals surface area contributed by atoms with Crippen molar-refractivity contribution in [3.8, 4) is 5.75 Å². The number of halogens is 1. The van der Waals surface area contributed by atoms with Crippen LogP contribution in [0.2, 0.25) is 5.02 Å². The highest BCUT2D eigenvalue weighted by Gasteiger charge is 2.07. The number of hydrogen-bond acceptors (Lipinski definition) is 3. The summed E-state index contributed by atoms with van der Waals surface area (Å²) in [6.45, 7) is 0.861. The fourth-order valence-electron chi connectivity index (χ4n) is 1.23. The van der Waals surface area contributed by atoms with E-state index in [2.05, 4.69) is 17.5 Å². The van der Waals surface area contributed by atoms with Crippen molar-refractivity contribution < 1.29 is 4.74 Å². The molecule has 0 bridgehead atoms. The van der Waals surface area contributed by atoms with Crippen LogP contribution in [-0.4, -0.2) is 26.5 Å². The van der Waals surface area contributed by atoms with Crippen LogP contribution in [0.15, 0.2) is 18.2 Å². The van der Waals surface area contributed by atoms with Crippen molar-refractivity contribution in [2.24, 2.45) is 0 Å². The van der Waals surface area contributed by atoms with Gasteiger partial charge in [-0.1, -0.05) is 11.6 Å². The Bertz CT molecular complexity index is 306. The first kappa shape index (κ1) is 11.5. The normalized spacial score (nSPS) is 10.0. The zero-order chi connectivity index (χ0) is 10.6. The third-order valence-corrected chi connectivity index (χ3v) is 2.42. The molecular formula is C10H14ClNOS. The molecule has 0 atom stereocenters. The average molecular weight is 232 g/mol. The molecule has 0 radical (unpaired) electrons. The van der Waals surface area contributed by atoms with Crippen LogP contribution in [0.1, 0.15) is 0 Å². The lowest BCUT2D eigenvalue weighted by Crippen LogP contribution is -2.20. The Balaban J connectivity index is 2.97. The van der Waals surface area contributed by atoms with Crippen molar-refractivity contribution in [1.29, 1.82) is 0 Å². The van der Waals surface area contributed by atoms with Crippen LogP contribution in [0.5, 0.6) is 5.75 Å². The van der Waals surface area contributed by atoms with Gasteiger partial charge in [0.1, 0.15) is 5.75 Å². The van der Waals surface area contributed by atoms with Gasteiger partial charge in [0.05, 0.1) is 12.8 Å². The van der Waals surface area contributed by atoms with Gasteiger partial charge in [-0.15, -0.1) is 0 Å². The summed E-state index contributed by atoms with van der Waals surface area (Å²) in [6.07, 6.45) is 0. The second kappa shape index (κ2) is 5.37. The Morgan fingerprint density at radius 2 is 2.21 bits per heavy atom. The van der Waals surface area contributed by atoms with Crippen molar-refractivity contribution in [3.63, 3.8) is 0 Å². The van der Waals surface area contributed by atoms with E-state index in [0.29, 0.717) is 5.02 Å². The number of benzene rings is 1. The van der Waals surface area contributed by atoms with Crippen LogP contribution >= 0.6 is 24.2 Å². The van der Waals surface area contributed by atoms with E-state index in [-0.39, 0.29) is 0 Å². The molecule has 1 aromatic carbocycles. The molecule has 0 unspecified atom stereocenters. The Hall–Kier alpha value is -0.540. The van der Waals surface area contributed by atoms with E-state index in [9.17, 15) is 0 Å². The lowest BCUT2D eigenvalue weighted by Gasteiger charge is -2.20. The summed E-state index contributed by atoms with van der Waals surface area (Å²) in [5, 5.41) is 0.715. The fourth-order valence-corrected chi connectivity index (χ4v) is 1.70. The number of thiol groups is 1. The van der Waals surface area contributed by atoms with E-state index in [4.69, 9.17) is 16.3 Å². The summed E-state index contributed by atoms with van der Waals surface area (Å²) in [7, 11) is 3.64. The van der Waals surface area contributed by atoms with Gasteiger partial charge in [-0.2, -0.15) is 12.6 Å². The monoisotopic (exact) mass is 231 g/mol. The van der Waals surface area contributed by atoms with E-state index in [0.717, 1.165) is 23.7 Å². The van der Waals surface area contributed by atoms with E-state index < -0.39 is 0 Å². The molecule has 0 aliphatic carbocycles. The zero-order valence-electron chi connectivity index (χ0n) is 8.33. The molecule has 0 heterocycles. The van der Waals surface area contributed by atoms with Gasteiger partial charge < -0.3 is 9.64 Å². The van der Waals surface area contributed by atoms with E-state index in [1.165, 1.54) is 0 Å². The Labute approximate surface area is 95.2 Å². The predicted molar refractivity (Wildman–Crippen MR) is 65.1 cm³/mol. The van der Waals surface area contributed by atoms with Crippen LogP contribution in [0.25, 0.3) is 0 Å². The molecule has 0 saturated heterocycles. The number of rotatable bonds is 4. The number of ether oxygens (including phenoxy) is 1. The van der Waals surface area contributed by atoms with E-state index in [1.54, 1.807) is 7.11 Å². The number of methoxy groups -OCH3 is 1. The minimum absolute atomic E-state index is 0.715. The highest BCUT2D eigenvalue weighted by atomic mass is 35.5. The molecule has 1 aromatic rings. The van der Waals surface area contributed by atoms with Gasteiger partial charge in [0.25, 0.3) is 0 Å². The van der Waals surface area contributed by atoms with Crippen LogP contribution < -0.4 is 9.64 Å². The second-order valence-corrected chi connectivity index (χ2v) is 3.84. The van der Waals surface area contributed by atoms with Gasteiger partial charge >= 0.3 is 0 Å². The van der Waals surface area contributed by atoms with Crippen LogP contribution in [-0.2, 0) is 0 Å². The average Bonchev–Trinajstić information content (AvgIpc) is 2.18. The van der Waals surface area contributed by atoms with Crippen LogP contribution in [0, 0.1) is 0 Å². The molecule has 1 rings (SSSR count). The lowest BCUT2D eigenvalue weighted by atomic mass is 10.2. The van der Waals surface area contributed by atoms with Crippen molar-refractivity contribution in [2.75, 3.05) is 31.4 Å². The van der Waals surface area contributed by atoms with Gasteiger partial charge in [-0.25, -0.2) is 0 Å². The third-order valence-electron chi connectivity index (χ3n) is 1.99. The maximum atomic E-state index is 5.92. The second-order valence-electron chi connectivity index (χ2n) is 2.96. The maximum Gasteiger partial charge on any atom is 0.142 e. The summed E-state index contributed by atoms with van der Waals surface area (Å²) in [6, 6.07) is 5.58. The predicted octanol–water partition coefficient (Wildman–Crippen LogP) is 2.71. The van der Waals surface area contributed by atoms with Crippen molar-refractivity contribution in [2.45, 2.75) is 0 Å². The van der Waals surface area contributed by atoms with Crippen molar-refractivity contribution >= 4 is 29.9 Å². The molecule has 2 nitrogen and oxygen atoms in total. The molecule has 14 heavy (non-hydrogen) atoms. The van der Waals surface area contributed by atoms with Gasteiger partial charge in [0, 0.05) is 24.4 Å². The summed E-state index contributed by atoms with van der Waals surface area (Å²) in [5.74, 6) is 1.63. The number of anilines is 1. The minimum atomic E-state index is 0.715. The first-order valence-corrected chi connectivity index (χ1v) is 5.35. The topological polar surface area (TPSA) is 12.5 Å². The minimum Gasteiger partial charge on any atom is -0.495 e. The van der Waals surface area contributed by atoms with Gasteiger partial charge in [-0.05, 0) is 18.2 Å². The van der Waals surface area contributed by atoms with Crippen molar-refractivity contribution in [1.82, 2.24) is 0 Å². The Morgan fingerprint density at radius 3 is 2.79 bits per heavy atom.